The lowest BCUT2D eigenvalue weighted by atomic mass is 10.1. The van der Waals surface area contributed by atoms with E-state index in [1.54, 1.807) is 0 Å². The number of hydrogen-bond acceptors (Lipinski definition) is 4. The molecule has 1 aromatic carbocycles. The highest BCUT2D eigenvalue weighted by Crippen LogP contribution is 2.20. The van der Waals surface area contributed by atoms with Gasteiger partial charge in [0.05, 0.1) is 19.2 Å². The normalized spacial score (nSPS) is 15.7. The number of ether oxygens (including phenoxy) is 1. The van der Waals surface area contributed by atoms with E-state index in [0.29, 0.717) is 18.8 Å². The van der Waals surface area contributed by atoms with E-state index in [0.717, 1.165) is 6.07 Å². The van der Waals surface area contributed by atoms with Crippen LogP contribution < -0.4 is 10.2 Å². The lowest BCUT2D eigenvalue weighted by Gasteiger charge is -2.27. The minimum atomic E-state index is -0.627. The van der Waals surface area contributed by atoms with E-state index in [1.165, 1.54) is 24.1 Å². The molecule has 1 aromatic rings. The van der Waals surface area contributed by atoms with E-state index in [1.807, 2.05) is 0 Å². The number of amides is 1. The molecule has 2 rings (SSSR count). The first kappa shape index (κ1) is 12.5. The molecule has 0 atom stereocenters. The summed E-state index contributed by atoms with van der Waals surface area (Å²) in [7, 11) is 1.23. The Morgan fingerprint density at radius 1 is 1.44 bits per heavy atom. The van der Waals surface area contributed by atoms with E-state index >= 15 is 0 Å². The number of carbonyl (C=O) groups is 2. The van der Waals surface area contributed by atoms with E-state index in [4.69, 9.17) is 0 Å². The van der Waals surface area contributed by atoms with Crippen molar-refractivity contribution >= 4 is 17.6 Å². The molecule has 6 heteroatoms. The van der Waals surface area contributed by atoms with Gasteiger partial charge in [0, 0.05) is 18.8 Å². The smallest absolute Gasteiger partial charge is 0.338 e. The monoisotopic (exact) mass is 252 g/mol. The molecule has 0 bridgehead atoms. The maximum atomic E-state index is 13.4. The Labute approximate surface area is 104 Å². The average molecular weight is 252 g/mol. The predicted octanol–water partition coefficient (Wildman–Crippen LogP) is 0.548. The summed E-state index contributed by atoms with van der Waals surface area (Å²) in [6.07, 6.45) is 0. The summed E-state index contributed by atoms with van der Waals surface area (Å²) in [5.41, 5.74) is 0.473. The third-order valence-corrected chi connectivity index (χ3v) is 2.70. The first-order chi connectivity index (χ1) is 8.61. The lowest BCUT2D eigenvalue weighted by molar-refractivity contribution is -0.118. The number of nitrogens with one attached hydrogen (secondary N) is 1. The van der Waals surface area contributed by atoms with E-state index in [2.05, 4.69) is 10.1 Å². The van der Waals surface area contributed by atoms with Crippen LogP contribution in [0.15, 0.2) is 18.2 Å². The molecule has 1 aliphatic rings. The van der Waals surface area contributed by atoms with Gasteiger partial charge in [0.25, 0.3) is 0 Å². The Bertz CT molecular complexity index is 490. The second-order valence-electron chi connectivity index (χ2n) is 3.91. The van der Waals surface area contributed by atoms with Crippen LogP contribution in [-0.4, -0.2) is 38.6 Å². The van der Waals surface area contributed by atoms with Gasteiger partial charge in [0.1, 0.15) is 5.82 Å². The van der Waals surface area contributed by atoms with Gasteiger partial charge in [-0.05, 0) is 18.2 Å². The molecule has 1 heterocycles. The van der Waals surface area contributed by atoms with Gasteiger partial charge >= 0.3 is 5.97 Å². The average Bonchev–Trinajstić information content (AvgIpc) is 2.37. The van der Waals surface area contributed by atoms with E-state index in [-0.39, 0.29) is 18.0 Å². The molecule has 0 unspecified atom stereocenters. The lowest BCUT2D eigenvalue weighted by Crippen LogP contribution is -2.48. The van der Waals surface area contributed by atoms with Crippen molar-refractivity contribution in [2.75, 3.05) is 31.6 Å². The van der Waals surface area contributed by atoms with Crippen LogP contribution in [-0.2, 0) is 9.53 Å². The van der Waals surface area contributed by atoms with Gasteiger partial charge in [-0.1, -0.05) is 0 Å². The van der Waals surface area contributed by atoms with Gasteiger partial charge in [-0.3, -0.25) is 4.79 Å². The number of benzene rings is 1. The molecule has 0 aromatic heterocycles. The highest BCUT2D eigenvalue weighted by Gasteiger charge is 2.21. The molecule has 96 valence electrons. The number of anilines is 1. The van der Waals surface area contributed by atoms with Crippen molar-refractivity contribution in [3.8, 4) is 0 Å². The standard InChI is InChI=1S/C12H13FN2O3/c1-18-12(17)8-4-9(13)6-10(5-8)15-3-2-14-7-11(15)16/h4-6,14H,2-3,7H2,1H3. The zero-order valence-electron chi connectivity index (χ0n) is 9.90. The molecule has 1 N–H and O–H groups in total. The number of halogens is 1. The Hall–Kier alpha value is -1.95. The SMILES string of the molecule is COC(=O)c1cc(F)cc(N2CCNCC2=O)c1. The second kappa shape index (κ2) is 5.14. The number of carbonyl (C=O) groups excluding carboxylic acids is 2. The molecule has 18 heavy (non-hydrogen) atoms. The molecule has 1 aliphatic heterocycles. The third-order valence-electron chi connectivity index (χ3n) is 2.70. The highest BCUT2D eigenvalue weighted by molar-refractivity contribution is 5.97. The summed E-state index contributed by atoms with van der Waals surface area (Å²) in [4.78, 5) is 24.5. The first-order valence-electron chi connectivity index (χ1n) is 5.52. The minimum absolute atomic E-state index is 0.0961. The molecule has 1 saturated heterocycles. The highest BCUT2D eigenvalue weighted by atomic mass is 19.1. The molecular formula is C12H13FN2O3. The van der Waals surface area contributed by atoms with Gasteiger partial charge in [-0.25, -0.2) is 9.18 Å². The van der Waals surface area contributed by atoms with Crippen LogP contribution in [0.1, 0.15) is 10.4 Å². The van der Waals surface area contributed by atoms with Gasteiger partial charge in [0.2, 0.25) is 5.91 Å². The number of hydrogen-bond donors (Lipinski definition) is 1. The second-order valence-corrected chi connectivity index (χ2v) is 3.91. The molecule has 0 saturated carbocycles. The molecule has 0 radical (unpaired) electrons. The summed E-state index contributed by atoms with van der Waals surface area (Å²) in [6, 6.07) is 3.77. The molecular weight excluding hydrogens is 239 g/mol. The van der Waals surface area contributed by atoms with Crippen LogP contribution in [0.2, 0.25) is 0 Å². The maximum Gasteiger partial charge on any atom is 0.338 e. The number of nitrogens with zero attached hydrogens (tertiary/aromatic N) is 1. The van der Waals surface area contributed by atoms with Crippen molar-refractivity contribution in [2.24, 2.45) is 0 Å². The fourth-order valence-electron chi connectivity index (χ4n) is 1.85. The van der Waals surface area contributed by atoms with E-state index in [9.17, 15) is 14.0 Å². The number of rotatable bonds is 2. The maximum absolute atomic E-state index is 13.4. The van der Waals surface area contributed by atoms with Crippen LogP contribution in [0.25, 0.3) is 0 Å². The zero-order chi connectivity index (χ0) is 13.1. The number of esters is 1. The number of piperazine rings is 1. The van der Waals surface area contributed by atoms with Crippen molar-refractivity contribution in [1.29, 1.82) is 0 Å². The zero-order valence-corrected chi connectivity index (χ0v) is 9.90. The van der Waals surface area contributed by atoms with Gasteiger partial charge in [-0.2, -0.15) is 0 Å². The summed E-state index contributed by atoms with van der Waals surface area (Å²) in [6.45, 7) is 1.29. The summed E-state index contributed by atoms with van der Waals surface area (Å²) < 4.78 is 18.0. The first-order valence-corrected chi connectivity index (χ1v) is 5.52. The summed E-state index contributed by atoms with van der Waals surface area (Å²) in [5, 5.41) is 2.92. The summed E-state index contributed by atoms with van der Waals surface area (Å²) in [5.74, 6) is -1.35. The molecule has 0 aliphatic carbocycles. The fraction of sp³-hybridized carbons (Fsp3) is 0.333. The Morgan fingerprint density at radius 2 is 2.22 bits per heavy atom. The van der Waals surface area contributed by atoms with Crippen LogP contribution in [0, 0.1) is 5.82 Å². The van der Waals surface area contributed by atoms with Gasteiger partial charge in [0.15, 0.2) is 0 Å². The largest absolute Gasteiger partial charge is 0.465 e. The predicted molar refractivity (Wildman–Crippen MR) is 63.0 cm³/mol. The Morgan fingerprint density at radius 3 is 2.89 bits per heavy atom. The third kappa shape index (κ3) is 2.48. The Kier molecular flexibility index (Phi) is 3.57. The van der Waals surface area contributed by atoms with Gasteiger partial charge < -0.3 is 15.0 Å². The van der Waals surface area contributed by atoms with Crippen LogP contribution >= 0.6 is 0 Å². The van der Waals surface area contributed by atoms with E-state index < -0.39 is 11.8 Å². The van der Waals surface area contributed by atoms with Crippen molar-refractivity contribution in [3.05, 3.63) is 29.6 Å². The van der Waals surface area contributed by atoms with Crippen molar-refractivity contribution in [3.63, 3.8) is 0 Å². The van der Waals surface area contributed by atoms with Crippen LogP contribution in [0.3, 0.4) is 0 Å². The Balaban J connectivity index is 2.35. The minimum Gasteiger partial charge on any atom is -0.465 e. The molecule has 1 amide bonds. The molecule has 0 spiro atoms. The van der Waals surface area contributed by atoms with Crippen molar-refractivity contribution < 1.29 is 18.7 Å². The van der Waals surface area contributed by atoms with Crippen LogP contribution in [0.5, 0.6) is 0 Å². The fourth-order valence-corrected chi connectivity index (χ4v) is 1.85. The number of methoxy groups -OCH3 is 1. The molecule has 5 nitrogen and oxygen atoms in total. The van der Waals surface area contributed by atoms with Crippen molar-refractivity contribution in [2.45, 2.75) is 0 Å². The quantitative estimate of drug-likeness (QED) is 0.781. The topological polar surface area (TPSA) is 58.6 Å². The van der Waals surface area contributed by atoms with Crippen molar-refractivity contribution in [1.82, 2.24) is 5.32 Å². The van der Waals surface area contributed by atoms with Gasteiger partial charge in [-0.15, -0.1) is 0 Å². The molecule has 1 fully saturated rings. The summed E-state index contributed by atoms with van der Waals surface area (Å²) >= 11 is 0. The van der Waals surface area contributed by atoms with Crippen LogP contribution in [0.4, 0.5) is 10.1 Å².